The summed E-state index contributed by atoms with van der Waals surface area (Å²) in [5.74, 6) is 0.653. The molecule has 29 heavy (non-hydrogen) atoms. The molecule has 7 heteroatoms. The normalized spacial score (nSPS) is 12.4. The first-order valence-corrected chi connectivity index (χ1v) is 11.5. The van der Waals surface area contributed by atoms with Gasteiger partial charge in [-0.05, 0) is 44.0 Å². The fourth-order valence-electron chi connectivity index (χ4n) is 3.09. The van der Waals surface area contributed by atoms with Crippen molar-refractivity contribution in [2.75, 3.05) is 26.0 Å². The molecule has 0 fully saturated rings. The molecule has 158 valence electrons. The molecule has 0 aliphatic rings. The van der Waals surface area contributed by atoms with Crippen molar-refractivity contribution < 1.29 is 22.1 Å². The highest BCUT2D eigenvalue weighted by Crippen LogP contribution is 2.24. The zero-order valence-corrected chi connectivity index (χ0v) is 18.2. The first-order valence-electron chi connectivity index (χ1n) is 9.71. The van der Waals surface area contributed by atoms with Gasteiger partial charge in [-0.15, -0.1) is 0 Å². The molecule has 0 aromatic heterocycles. The van der Waals surface area contributed by atoms with Gasteiger partial charge in [-0.3, -0.25) is 8.98 Å². The molecule has 0 radical (unpaired) electrons. The standard InChI is InChI=1S/C22H29NO5S/c1-5-23(6-2)22(24)20-13-9-7-11-18(20)15-19-12-8-10-14-21(19)27-16-17(3)28-29(4,25)26/h7-14,17H,5-6,15-16H2,1-4H3. The molecule has 0 heterocycles. The van der Waals surface area contributed by atoms with Crippen LogP contribution in [0.5, 0.6) is 5.75 Å². The lowest BCUT2D eigenvalue weighted by molar-refractivity contribution is 0.0772. The Morgan fingerprint density at radius 3 is 2.21 bits per heavy atom. The molecule has 2 aromatic carbocycles. The van der Waals surface area contributed by atoms with Crippen molar-refractivity contribution in [2.45, 2.75) is 33.3 Å². The maximum absolute atomic E-state index is 12.9. The maximum atomic E-state index is 12.9. The van der Waals surface area contributed by atoms with Crippen LogP contribution in [-0.2, 0) is 20.7 Å². The lowest BCUT2D eigenvalue weighted by atomic mass is 9.98. The van der Waals surface area contributed by atoms with Gasteiger partial charge in [0.15, 0.2) is 0 Å². The second-order valence-electron chi connectivity index (χ2n) is 6.84. The molecular formula is C22H29NO5S. The molecule has 0 aliphatic carbocycles. The van der Waals surface area contributed by atoms with Gasteiger partial charge in [0.1, 0.15) is 18.5 Å². The highest BCUT2D eigenvalue weighted by Gasteiger charge is 2.18. The van der Waals surface area contributed by atoms with Gasteiger partial charge < -0.3 is 9.64 Å². The molecule has 1 atom stereocenters. The molecule has 1 amide bonds. The van der Waals surface area contributed by atoms with E-state index in [1.54, 1.807) is 11.8 Å². The van der Waals surface area contributed by atoms with Crippen LogP contribution in [0.2, 0.25) is 0 Å². The van der Waals surface area contributed by atoms with E-state index in [1.807, 2.05) is 62.4 Å². The van der Waals surface area contributed by atoms with Gasteiger partial charge in [0.05, 0.1) is 6.26 Å². The molecular weight excluding hydrogens is 390 g/mol. The van der Waals surface area contributed by atoms with Crippen LogP contribution in [0.1, 0.15) is 42.3 Å². The number of amides is 1. The van der Waals surface area contributed by atoms with Crippen molar-refractivity contribution in [3.05, 3.63) is 65.2 Å². The number of rotatable bonds is 10. The third kappa shape index (κ3) is 6.87. The smallest absolute Gasteiger partial charge is 0.264 e. The van der Waals surface area contributed by atoms with Gasteiger partial charge in [-0.2, -0.15) is 8.42 Å². The van der Waals surface area contributed by atoms with E-state index in [9.17, 15) is 13.2 Å². The molecule has 1 unspecified atom stereocenters. The average Bonchev–Trinajstić information content (AvgIpc) is 2.67. The third-order valence-corrected chi connectivity index (χ3v) is 5.14. The van der Waals surface area contributed by atoms with E-state index in [0.29, 0.717) is 30.8 Å². The molecule has 0 saturated carbocycles. The molecule has 2 rings (SSSR count). The minimum Gasteiger partial charge on any atom is -0.491 e. The number of carbonyl (C=O) groups excluding carboxylic acids is 1. The summed E-state index contributed by atoms with van der Waals surface area (Å²) in [6.07, 6.45) is 0.941. The number of para-hydroxylation sites is 1. The predicted octanol–water partition coefficient (Wildman–Crippen LogP) is 3.50. The molecule has 6 nitrogen and oxygen atoms in total. The van der Waals surface area contributed by atoms with Crippen molar-refractivity contribution >= 4 is 16.0 Å². The summed E-state index contributed by atoms with van der Waals surface area (Å²) in [4.78, 5) is 14.7. The monoisotopic (exact) mass is 419 g/mol. The van der Waals surface area contributed by atoms with Gasteiger partial charge in [0, 0.05) is 25.1 Å². The number of nitrogens with zero attached hydrogens (tertiary/aromatic N) is 1. The molecule has 0 aliphatic heterocycles. The lowest BCUT2D eigenvalue weighted by Crippen LogP contribution is -2.31. The van der Waals surface area contributed by atoms with Crippen molar-refractivity contribution in [1.29, 1.82) is 0 Å². The molecule has 0 saturated heterocycles. The molecule has 0 bridgehead atoms. The Labute approximate surface area is 173 Å². The van der Waals surface area contributed by atoms with E-state index in [1.165, 1.54) is 0 Å². The van der Waals surface area contributed by atoms with Crippen LogP contribution >= 0.6 is 0 Å². The fourth-order valence-corrected chi connectivity index (χ4v) is 3.75. The summed E-state index contributed by atoms with van der Waals surface area (Å²) in [5, 5.41) is 0. The maximum Gasteiger partial charge on any atom is 0.264 e. The molecule has 2 aromatic rings. The summed E-state index contributed by atoms with van der Waals surface area (Å²) < 4.78 is 33.2. The van der Waals surface area contributed by atoms with Gasteiger partial charge in [-0.25, -0.2) is 0 Å². The summed E-state index contributed by atoms with van der Waals surface area (Å²) in [6, 6.07) is 15.1. The number of benzene rings is 2. The van der Waals surface area contributed by atoms with Crippen LogP contribution < -0.4 is 4.74 Å². The Kier molecular flexibility index (Phi) is 8.22. The SMILES string of the molecule is CCN(CC)C(=O)c1ccccc1Cc1ccccc1OCC(C)OS(C)(=O)=O. The first-order chi connectivity index (χ1) is 13.7. The predicted molar refractivity (Wildman–Crippen MR) is 114 cm³/mol. The second-order valence-corrected chi connectivity index (χ2v) is 8.44. The Hall–Kier alpha value is -2.38. The van der Waals surface area contributed by atoms with E-state index < -0.39 is 16.2 Å². The Morgan fingerprint density at radius 2 is 1.59 bits per heavy atom. The zero-order valence-electron chi connectivity index (χ0n) is 17.4. The Morgan fingerprint density at radius 1 is 1.00 bits per heavy atom. The van der Waals surface area contributed by atoms with Gasteiger partial charge in [-0.1, -0.05) is 36.4 Å². The van der Waals surface area contributed by atoms with Gasteiger partial charge >= 0.3 is 0 Å². The van der Waals surface area contributed by atoms with Crippen molar-refractivity contribution in [1.82, 2.24) is 4.90 Å². The summed E-state index contributed by atoms with van der Waals surface area (Å²) in [5.41, 5.74) is 2.51. The number of hydrogen-bond acceptors (Lipinski definition) is 5. The van der Waals surface area contributed by atoms with E-state index in [0.717, 1.165) is 17.4 Å². The summed E-state index contributed by atoms with van der Waals surface area (Å²) in [6.45, 7) is 6.98. The topological polar surface area (TPSA) is 72.9 Å². The quantitative estimate of drug-likeness (QED) is 0.551. The van der Waals surface area contributed by atoms with E-state index in [-0.39, 0.29) is 12.5 Å². The Bertz CT molecular complexity index is 922. The van der Waals surface area contributed by atoms with Crippen LogP contribution in [0.4, 0.5) is 0 Å². The van der Waals surface area contributed by atoms with Crippen molar-refractivity contribution in [3.8, 4) is 5.75 Å². The highest BCUT2D eigenvalue weighted by molar-refractivity contribution is 7.86. The average molecular weight is 420 g/mol. The molecule has 0 spiro atoms. The zero-order chi connectivity index (χ0) is 21.4. The number of hydrogen-bond donors (Lipinski definition) is 0. The first kappa shape index (κ1) is 22.9. The number of carbonyl (C=O) groups is 1. The van der Waals surface area contributed by atoms with Crippen LogP contribution in [-0.4, -0.2) is 51.3 Å². The van der Waals surface area contributed by atoms with Crippen LogP contribution in [0.15, 0.2) is 48.5 Å². The Balaban J connectivity index is 2.21. The lowest BCUT2D eigenvalue weighted by Gasteiger charge is -2.21. The second kappa shape index (κ2) is 10.4. The van der Waals surface area contributed by atoms with E-state index in [2.05, 4.69) is 0 Å². The molecule has 0 N–H and O–H groups in total. The minimum absolute atomic E-state index is 0.0131. The van der Waals surface area contributed by atoms with Crippen LogP contribution in [0, 0.1) is 0 Å². The van der Waals surface area contributed by atoms with E-state index >= 15 is 0 Å². The minimum atomic E-state index is -3.54. The summed E-state index contributed by atoms with van der Waals surface area (Å²) in [7, 11) is -3.54. The van der Waals surface area contributed by atoms with Crippen LogP contribution in [0.25, 0.3) is 0 Å². The van der Waals surface area contributed by atoms with E-state index in [4.69, 9.17) is 8.92 Å². The van der Waals surface area contributed by atoms with Crippen molar-refractivity contribution in [3.63, 3.8) is 0 Å². The number of ether oxygens (including phenoxy) is 1. The van der Waals surface area contributed by atoms with Gasteiger partial charge in [0.25, 0.3) is 16.0 Å². The fraction of sp³-hybridized carbons (Fsp3) is 0.409. The highest BCUT2D eigenvalue weighted by atomic mass is 32.2. The van der Waals surface area contributed by atoms with Crippen LogP contribution in [0.3, 0.4) is 0 Å². The van der Waals surface area contributed by atoms with Crippen molar-refractivity contribution in [2.24, 2.45) is 0 Å². The summed E-state index contributed by atoms with van der Waals surface area (Å²) >= 11 is 0. The largest absolute Gasteiger partial charge is 0.491 e. The van der Waals surface area contributed by atoms with Gasteiger partial charge in [0.2, 0.25) is 0 Å². The third-order valence-electron chi connectivity index (χ3n) is 4.46.